The third kappa shape index (κ3) is 20.5. The van der Waals surface area contributed by atoms with Crippen molar-refractivity contribution < 1.29 is 47.9 Å². The topological polar surface area (TPSA) is 244 Å². The van der Waals surface area contributed by atoms with Crippen LogP contribution in [-0.2, 0) is 51.2 Å². The van der Waals surface area contributed by atoms with E-state index in [4.69, 9.17) is 0 Å². The van der Waals surface area contributed by atoms with Crippen LogP contribution in [-0.4, -0.2) is 168 Å². The molecule has 2 saturated carbocycles. The minimum absolute atomic E-state index is 0.0232. The molecule has 0 spiro atoms. The number of nitrogens with one attached hydrogen (secondary N) is 5. The van der Waals surface area contributed by atoms with Gasteiger partial charge in [0.2, 0.25) is 41.4 Å². The second-order valence-corrected chi connectivity index (χ2v) is 26.8. The van der Waals surface area contributed by atoms with E-state index >= 15 is 0 Å². The van der Waals surface area contributed by atoms with E-state index in [0.29, 0.717) is 56.3 Å². The number of nitrogens with zero attached hydrogens (tertiary/aromatic N) is 4. The van der Waals surface area contributed by atoms with Gasteiger partial charge in [-0.15, -0.1) is 0 Å². The number of benzene rings is 4. The van der Waals surface area contributed by atoms with Gasteiger partial charge in [-0.3, -0.25) is 47.9 Å². The number of hydrogen-bond donors (Lipinski definition) is 5. The van der Waals surface area contributed by atoms with E-state index in [1.807, 2.05) is 93.6 Å². The Bertz CT molecular complexity index is 2990. The van der Waals surface area contributed by atoms with Gasteiger partial charge in [0.25, 0.3) is 5.91 Å². The van der Waals surface area contributed by atoms with Gasteiger partial charge in [-0.2, -0.15) is 0 Å². The summed E-state index contributed by atoms with van der Waals surface area (Å²) in [6, 6.07) is 30.9. The van der Waals surface area contributed by atoms with E-state index < -0.39 is 36.0 Å². The average molecular weight is 1290 g/mol. The number of likely N-dealkylation sites (tertiary alicyclic amines) is 2. The first-order chi connectivity index (χ1) is 45.3. The molecule has 2 heterocycles. The fraction of sp³-hybridized carbons (Fsp3) is 0.547. The van der Waals surface area contributed by atoms with Crippen LogP contribution in [0.1, 0.15) is 169 Å². The molecule has 4 fully saturated rings. The van der Waals surface area contributed by atoms with Gasteiger partial charge >= 0.3 is 0 Å². The van der Waals surface area contributed by atoms with Crippen molar-refractivity contribution in [2.75, 3.05) is 52.9 Å². The molecular formula is C75H101N9O10. The number of carbonyl (C=O) groups excluding carboxylic acids is 10. The molecule has 0 aromatic heterocycles. The van der Waals surface area contributed by atoms with Gasteiger partial charge in [0.15, 0.2) is 5.78 Å². The van der Waals surface area contributed by atoms with Crippen molar-refractivity contribution in [2.45, 2.75) is 186 Å². The number of carbonyl (C=O) groups is 10. The van der Waals surface area contributed by atoms with Crippen LogP contribution in [0.4, 0.5) is 0 Å². The minimum atomic E-state index is -0.721. The highest BCUT2D eigenvalue weighted by Gasteiger charge is 2.45. The fourth-order valence-corrected chi connectivity index (χ4v) is 14.3. The second-order valence-electron chi connectivity index (χ2n) is 26.8. The maximum atomic E-state index is 14.9. The molecule has 0 radical (unpaired) electrons. The van der Waals surface area contributed by atoms with Crippen LogP contribution < -0.4 is 26.6 Å². The maximum Gasteiger partial charge on any atom is 0.251 e. The summed E-state index contributed by atoms with van der Waals surface area (Å²) in [6.07, 6.45) is 12.0. The van der Waals surface area contributed by atoms with Gasteiger partial charge < -0.3 is 46.2 Å². The standard InChI is InChI=1S/C75H101N9O10/c1-7-50(2)72(91)80-71(60-26-18-11-19-27-60)75(94)84-47-63(79-53(5)86)43-65(84)48-81(40-38-54-20-12-8-13-21-54)69(89)37-36-67(87)59-32-28-56(29-33-59)57-30-34-61(35-31-57)73(92)77-45-70(90)82(41-39-55-22-14-9-15-23-55)49-64-42-62(78-52(4)85)46-83(64)74(93)66(44-68(88)51(3)76-6)58-24-16-10-17-25-58/h8-9,12-15,20-23,28-35,50-51,58,60,62-66,71,76H,7,10-11,16-19,24-27,36-49H2,1-6H3,(H,77,92)(H,78,85)(H,79,86)(H,80,91)/t50-,51+,62+,63+,64+,65+,66+,71+/m1/s1. The van der Waals surface area contributed by atoms with E-state index in [-0.39, 0.29) is 135 Å². The van der Waals surface area contributed by atoms with Gasteiger partial charge in [-0.25, -0.2) is 0 Å². The SMILES string of the molecule is CC[C@@H](C)C(=O)N[C@H](C(=O)N1C[C@@H](NC(C)=O)C[C@H]1CN(CCc1ccccc1)C(=O)CCC(=O)c1ccc(-c2ccc(C(=O)NCC(=O)N(CCc3ccccc3)C[C@@H]3C[C@H](NC(C)=O)CN3C(=O)[C@@H](CC(=O)[C@H](C)NC)C3CCCCC3)cc2)cc1)C1CCCCC1. The predicted octanol–water partition coefficient (Wildman–Crippen LogP) is 8.27. The molecule has 8 amide bonds. The van der Waals surface area contributed by atoms with Crippen molar-refractivity contribution in [3.8, 4) is 11.1 Å². The normalized spacial score (nSPS) is 19.6. The van der Waals surface area contributed by atoms with E-state index in [1.54, 1.807) is 63.0 Å². The van der Waals surface area contributed by atoms with Gasteiger partial charge in [0.05, 0.1) is 24.7 Å². The molecule has 506 valence electrons. The molecule has 5 N–H and O–H groups in total. The molecule has 8 atom stereocenters. The van der Waals surface area contributed by atoms with Crippen LogP contribution in [0.5, 0.6) is 0 Å². The lowest BCUT2D eigenvalue weighted by atomic mass is 9.76. The molecule has 2 aliphatic carbocycles. The number of ketones is 2. The van der Waals surface area contributed by atoms with Crippen molar-refractivity contribution in [3.63, 3.8) is 0 Å². The molecule has 2 saturated heterocycles. The zero-order chi connectivity index (χ0) is 67.3. The van der Waals surface area contributed by atoms with E-state index in [1.165, 1.54) is 13.8 Å². The number of rotatable bonds is 31. The predicted molar refractivity (Wildman–Crippen MR) is 363 cm³/mol. The summed E-state index contributed by atoms with van der Waals surface area (Å²) < 4.78 is 0. The maximum absolute atomic E-state index is 14.9. The zero-order valence-corrected chi connectivity index (χ0v) is 56.2. The third-order valence-corrected chi connectivity index (χ3v) is 20.1. The van der Waals surface area contributed by atoms with E-state index in [9.17, 15) is 47.9 Å². The highest BCUT2D eigenvalue weighted by molar-refractivity contribution is 5.99. The minimum Gasteiger partial charge on any atom is -0.352 e. The first kappa shape index (κ1) is 71.8. The van der Waals surface area contributed by atoms with Crippen LogP contribution in [0, 0.1) is 23.7 Å². The van der Waals surface area contributed by atoms with Gasteiger partial charge in [-0.1, -0.05) is 149 Å². The zero-order valence-electron chi connectivity index (χ0n) is 56.2. The van der Waals surface area contributed by atoms with Crippen molar-refractivity contribution in [3.05, 3.63) is 131 Å². The van der Waals surface area contributed by atoms with Crippen molar-refractivity contribution in [2.24, 2.45) is 23.7 Å². The fourth-order valence-electron chi connectivity index (χ4n) is 14.3. The van der Waals surface area contributed by atoms with Gasteiger partial charge in [0.1, 0.15) is 11.8 Å². The Balaban J connectivity index is 0.904. The van der Waals surface area contributed by atoms with E-state index in [2.05, 4.69) is 26.6 Å². The lowest BCUT2D eigenvalue weighted by Crippen LogP contribution is -2.56. The molecule has 0 unspecified atom stereocenters. The average Bonchev–Trinajstić information content (AvgIpc) is 1.64. The Hall–Kier alpha value is -8.06. The molecule has 8 rings (SSSR count). The van der Waals surface area contributed by atoms with Crippen LogP contribution >= 0.6 is 0 Å². The Morgan fingerprint density at radius 3 is 1.53 bits per heavy atom. The summed E-state index contributed by atoms with van der Waals surface area (Å²) in [7, 11) is 1.73. The summed E-state index contributed by atoms with van der Waals surface area (Å²) >= 11 is 0. The summed E-state index contributed by atoms with van der Waals surface area (Å²) in [5, 5.41) is 15.0. The second kappa shape index (κ2) is 35.4. The van der Waals surface area contributed by atoms with Crippen LogP contribution in [0.25, 0.3) is 11.1 Å². The van der Waals surface area contributed by atoms with Crippen molar-refractivity contribution in [1.29, 1.82) is 0 Å². The number of Topliss-reactive ketones (excluding diaryl/α,β-unsaturated/α-hetero) is 2. The van der Waals surface area contributed by atoms with Gasteiger partial charge in [-0.05, 0) is 118 Å². The molecule has 4 aromatic carbocycles. The molecule has 2 aliphatic heterocycles. The van der Waals surface area contributed by atoms with Crippen LogP contribution in [0.15, 0.2) is 109 Å². The first-order valence-corrected chi connectivity index (χ1v) is 34.6. The third-order valence-electron chi connectivity index (χ3n) is 20.1. The lowest BCUT2D eigenvalue weighted by molar-refractivity contribution is -0.143. The van der Waals surface area contributed by atoms with Crippen LogP contribution in [0.2, 0.25) is 0 Å². The monoisotopic (exact) mass is 1290 g/mol. The smallest absolute Gasteiger partial charge is 0.251 e. The highest BCUT2D eigenvalue weighted by Crippen LogP contribution is 2.36. The number of likely N-dealkylation sites (N-methyl/N-ethyl adjacent to an activating group) is 1. The molecule has 4 aromatic rings. The Kier molecular flexibility index (Phi) is 27.1. The van der Waals surface area contributed by atoms with Crippen molar-refractivity contribution >= 4 is 58.8 Å². The molecule has 0 bridgehead atoms. The summed E-state index contributed by atoms with van der Waals surface area (Å²) in [4.78, 5) is 145. The van der Waals surface area contributed by atoms with Crippen LogP contribution in [0.3, 0.4) is 0 Å². The van der Waals surface area contributed by atoms with E-state index in [0.717, 1.165) is 86.5 Å². The molecule has 19 nitrogen and oxygen atoms in total. The lowest BCUT2D eigenvalue weighted by Gasteiger charge is -2.37. The number of amides is 8. The Labute approximate surface area is 556 Å². The Morgan fingerprint density at radius 1 is 0.564 bits per heavy atom. The first-order valence-electron chi connectivity index (χ1n) is 34.6. The summed E-state index contributed by atoms with van der Waals surface area (Å²) in [6.45, 7) is 9.74. The molecule has 19 heteroatoms. The van der Waals surface area contributed by atoms with Gasteiger partial charge in [0, 0.05) is 107 Å². The number of hydrogen-bond acceptors (Lipinski definition) is 11. The molecule has 4 aliphatic rings. The summed E-state index contributed by atoms with van der Waals surface area (Å²) in [5.41, 5.74) is 4.38. The molecule has 94 heavy (non-hydrogen) atoms. The van der Waals surface area contributed by atoms with Crippen molar-refractivity contribution in [1.82, 2.24) is 46.2 Å². The quantitative estimate of drug-likeness (QED) is 0.0300. The highest BCUT2D eigenvalue weighted by atomic mass is 16.2. The Morgan fingerprint density at radius 2 is 1.04 bits per heavy atom. The largest absolute Gasteiger partial charge is 0.352 e. The summed E-state index contributed by atoms with van der Waals surface area (Å²) in [5.74, 6) is -2.92. The molecular weight excluding hydrogens is 1190 g/mol.